The van der Waals surface area contributed by atoms with Crippen molar-refractivity contribution in [2.45, 2.75) is 19.6 Å². The van der Waals surface area contributed by atoms with E-state index in [1.807, 2.05) is 18.2 Å². The molecule has 0 saturated heterocycles. The Labute approximate surface area is 375 Å². The van der Waals surface area contributed by atoms with Crippen LogP contribution in [-0.2, 0) is 0 Å². The van der Waals surface area contributed by atoms with E-state index in [1.165, 1.54) is 64.1 Å². The maximum absolute atomic E-state index is 6.77. The molecule has 13 rings (SSSR count). The normalized spacial score (nSPS) is 12.8. The van der Waals surface area contributed by atoms with E-state index in [4.69, 9.17) is 9.47 Å². The second-order valence-corrected chi connectivity index (χ2v) is 19.8. The van der Waals surface area contributed by atoms with E-state index in [9.17, 15) is 0 Å². The fraction of sp³-hybridized carbons (Fsp3) is 0. The molecule has 2 nitrogen and oxygen atoms in total. The van der Waals surface area contributed by atoms with Gasteiger partial charge in [-0.2, -0.15) is 0 Å². The van der Waals surface area contributed by atoms with Gasteiger partial charge < -0.3 is 9.47 Å². The Morgan fingerprint density at radius 1 is 0.266 bits per heavy atom. The molecule has 4 heteroatoms. The lowest BCUT2D eigenvalue weighted by Crippen LogP contribution is -2.57. The maximum atomic E-state index is 6.77. The van der Waals surface area contributed by atoms with Gasteiger partial charge in [-0.3, -0.25) is 0 Å². The van der Waals surface area contributed by atoms with Crippen LogP contribution in [0.3, 0.4) is 0 Å². The van der Waals surface area contributed by atoms with Crippen molar-refractivity contribution < 1.29 is 9.47 Å². The molecule has 0 saturated carbocycles. The van der Waals surface area contributed by atoms with Crippen molar-refractivity contribution in [2.24, 2.45) is 0 Å². The van der Waals surface area contributed by atoms with Crippen LogP contribution in [0.4, 0.5) is 0 Å². The summed E-state index contributed by atoms with van der Waals surface area (Å²) in [6.07, 6.45) is 0. The van der Waals surface area contributed by atoms with Crippen molar-refractivity contribution in [3.8, 4) is 78.6 Å². The van der Waals surface area contributed by atoms with Gasteiger partial charge in [0.1, 0.15) is 23.0 Å². The zero-order valence-corrected chi connectivity index (χ0v) is 35.6. The van der Waals surface area contributed by atoms with Gasteiger partial charge in [-0.25, -0.2) is 0 Å². The smallest absolute Gasteiger partial charge is 0.260 e. The van der Waals surface area contributed by atoms with Gasteiger partial charge in [0, 0.05) is 25.0 Å². The number of rotatable bonds is 5. The largest absolute Gasteiger partial charge is 0.458 e. The first-order valence-corrected chi connectivity index (χ1v) is 23.6. The average Bonchev–Trinajstić information content (AvgIpc) is 3.37. The average molecular weight is 835 g/mol. The summed E-state index contributed by atoms with van der Waals surface area (Å²) in [4.78, 5) is 5.20. The van der Waals surface area contributed by atoms with Gasteiger partial charge in [0.15, 0.2) is 0 Å². The molecule has 2 aliphatic heterocycles. The van der Waals surface area contributed by atoms with E-state index in [1.54, 1.807) is 0 Å². The molecule has 0 radical (unpaired) electrons. The van der Waals surface area contributed by atoms with Crippen molar-refractivity contribution in [1.82, 2.24) is 0 Å². The van der Waals surface area contributed by atoms with Crippen molar-refractivity contribution in [3.63, 3.8) is 0 Å². The van der Waals surface area contributed by atoms with Gasteiger partial charge in [0.2, 0.25) is 0 Å². The lowest BCUT2D eigenvalue weighted by atomic mass is 9.35. The molecule has 10 aromatic rings. The predicted molar refractivity (Wildman–Crippen MR) is 265 cm³/mol. The van der Waals surface area contributed by atoms with Crippen LogP contribution in [0.2, 0.25) is 0 Å². The number of benzene rings is 10. The Balaban J connectivity index is 1.04. The molecule has 0 N–H and O–H groups in total. The predicted octanol–water partition coefficient (Wildman–Crippen LogP) is 14.4. The molecule has 300 valence electrons. The third-order valence-electron chi connectivity index (χ3n) is 13.3. The first kappa shape index (κ1) is 36.8. The molecule has 10 aromatic carbocycles. The minimum absolute atomic E-state index is 0.0271. The first-order valence-electron chi connectivity index (χ1n) is 21.9. The maximum Gasteiger partial charge on any atom is 0.260 e. The van der Waals surface area contributed by atoms with Crippen LogP contribution in [0.5, 0.6) is 23.0 Å². The quantitative estimate of drug-likeness (QED) is 0.161. The highest BCUT2D eigenvalue weighted by atomic mass is 32.3. The fourth-order valence-corrected chi connectivity index (χ4v) is 14.4. The SMILES string of the molecule is c1ccc(S(c2ccccc2)(c2ccccc2)c2ccc3c(c2)-c2ccccc2-c2ccccc2-c2ccc(-c4ccc5c(c4)Oc4cccc6c4B5c4ccccc4O6)cc2-3)cc1. The van der Waals surface area contributed by atoms with Crippen LogP contribution in [0, 0.1) is 0 Å². The summed E-state index contributed by atoms with van der Waals surface area (Å²) >= 11 is 0. The van der Waals surface area contributed by atoms with E-state index in [0.29, 0.717) is 0 Å². The van der Waals surface area contributed by atoms with Gasteiger partial charge in [-0.1, -0.05) is 158 Å². The molecule has 1 aliphatic carbocycles. The number of hydrogen-bond acceptors (Lipinski definition) is 2. The molecule has 0 bridgehead atoms. The zero-order valence-electron chi connectivity index (χ0n) is 34.8. The van der Waals surface area contributed by atoms with Gasteiger partial charge in [-0.15, -0.1) is 10.0 Å². The molecule has 2 heterocycles. The molecule has 0 spiro atoms. The summed E-state index contributed by atoms with van der Waals surface area (Å²) < 4.78 is 13.2. The Morgan fingerprint density at radius 3 is 1.31 bits per heavy atom. The van der Waals surface area contributed by atoms with E-state index in [2.05, 4.69) is 218 Å². The second kappa shape index (κ2) is 14.7. The lowest BCUT2D eigenvalue weighted by Gasteiger charge is -2.42. The molecule has 0 unspecified atom stereocenters. The highest BCUT2D eigenvalue weighted by Gasteiger charge is 2.40. The summed E-state index contributed by atoms with van der Waals surface area (Å²) in [6, 6.07) is 86.9. The van der Waals surface area contributed by atoms with Crippen molar-refractivity contribution >= 4 is 33.1 Å². The molecule has 3 aliphatic rings. The lowest BCUT2D eigenvalue weighted by molar-refractivity contribution is 0.464. The molecule has 0 aromatic heterocycles. The Morgan fingerprint density at radius 2 is 0.688 bits per heavy atom. The monoisotopic (exact) mass is 834 g/mol. The minimum atomic E-state index is -1.93. The van der Waals surface area contributed by atoms with Crippen LogP contribution < -0.4 is 25.9 Å². The van der Waals surface area contributed by atoms with Crippen LogP contribution in [0.1, 0.15) is 0 Å². The Bertz CT molecular complexity index is 3360. The van der Waals surface area contributed by atoms with Crippen molar-refractivity contribution in [1.29, 1.82) is 0 Å². The molecular formula is C60H39BO2S. The van der Waals surface area contributed by atoms with Crippen molar-refractivity contribution in [3.05, 3.63) is 237 Å². The molecule has 64 heavy (non-hydrogen) atoms. The summed E-state index contributed by atoms with van der Waals surface area (Å²) in [5.41, 5.74) is 15.4. The van der Waals surface area contributed by atoms with Gasteiger partial charge in [0.25, 0.3) is 6.71 Å². The Kier molecular flexibility index (Phi) is 8.44. The number of fused-ring (bicyclic) bond motifs is 12. The van der Waals surface area contributed by atoms with Crippen LogP contribution >= 0.6 is 10.0 Å². The standard InChI is InChI=1S/C60H39BO2S/c1-4-17-42(18-5-1)64(43-19-6-2-7-20-43,44-21-8-3-9-22-44)45-33-35-51-52-37-40(31-34-50(52)48-25-11-10-23-46(48)47-24-12-13-26-49(47)53(51)39-45)41-32-36-55-59(38-41)63-58-30-16-29-57-60(58)61(55)54-27-14-15-28-56(54)62-57/h1-39H. The molecular weight excluding hydrogens is 796 g/mol. The van der Waals surface area contributed by atoms with E-state index < -0.39 is 10.0 Å². The van der Waals surface area contributed by atoms with Crippen LogP contribution in [0.25, 0.3) is 55.6 Å². The molecule has 0 amide bonds. The number of hydrogen-bond donors (Lipinski definition) is 0. The minimum Gasteiger partial charge on any atom is -0.458 e. The van der Waals surface area contributed by atoms with E-state index >= 15 is 0 Å². The fourth-order valence-electron chi connectivity index (χ4n) is 10.5. The summed E-state index contributed by atoms with van der Waals surface area (Å²) in [5, 5.41) is 0. The van der Waals surface area contributed by atoms with E-state index in [0.717, 1.165) is 50.5 Å². The highest BCUT2D eigenvalue weighted by Crippen LogP contribution is 2.74. The van der Waals surface area contributed by atoms with Crippen LogP contribution in [-0.4, -0.2) is 6.71 Å². The van der Waals surface area contributed by atoms with Crippen molar-refractivity contribution in [2.75, 3.05) is 0 Å². The zero-order chi connectivity index (χ0) is 42.2. The summed E-state index contributed by atoms with van der Waals surface area (Å²) in [7, 11) is -1.93. The second-order valence-electron chi connectivity index (χ2n) is 16.7. The van der Waals surface area contributed by atoms with Gasteiger partial charge in [0.05, 0.1) is 0 Å². The molecule has 0 fully saturated rings. The third kappa shape index (κ3) is 5.56. The number of ether oxygens (including phenoxy) is 2. The topological polar surface area (TPSA) is 18.5 Å². The Hall–Kier alpha value is -7.79. The molecule has 0 atom stereocenters. The first-order chi connectivity index (χ1) is 31.7. The number of para-hydroxylation sites is 1. The third-order valence-corrected chi connectivity index (χ3v) is 17.2. The van der Waals surface area contributed by atoms with Crippen LogP contribution in [0.15, 0.2) is 256 Å². The summed E-state index contributed by atoms with van der Waals surface area (Å²) in [6.45, 7) is 0.0271. The van der Waals surface area contributed by atoms with Gasteiger partial charge in [-0.05, 0) is 145 Å². The van der Waals surface area contributed by atoms with Gasteiger partial charge >= 0.3 is 0 Å². The van der Waals surface area contributed by atoms with E-state index in [-0.39, 0.29) is 6.71 Å². The summed E-state index contributed by atoms with van der Waals surface area (Å²) in [5.74, 6) is 3.48. The highest BCUT2D eigenvalue weighted by molar-refractivity contribution is 8.34.